The molecule has 2 aromatic rings. The highest BCUT2D eigenvalue weighted by atomic mass is 19.1. The zero-order valence-electron chi connectivity index (χ0n) is 17.4. The Bertz CT molecular complexity index is 796. The van der Waals surface area contributed by atoms with Crippen molar-refractivity contribution in [3.8, 4) is 0 Å². The van der Waals surface area contributed by atoms with Crippen LogP contribution >= 0.6 is 0 Å². The fraction of sp³-hybridized carbons (Fsp3) is 0.458. The van der Waals surface area contributed by atoms with Gasteiger partial charge in [0.1, 0.15) is 11.6 Å². The Morgan fingerprint density at radius 2 is 1.17 bits per heavy atom. The normalized spacial score (nSPS) is 19.4. The molecule has 0 radical (unpaired) electrons. The van der Waals surface area contributed by atoms with E-state index >= 15 is 0 Å². The number of hydrogen-bond donors (Lipinski definition) is 0. The molecule has 6 heteroatoms. The summed E-state index contributed by atoms with van der Waals surface area (Å²) in [4.78, 5) is 19.3. The first-order chi connectivity index (χ1) is 14.5. The Balaban J connectivity index is 1.48. The van der Waals surface area contributed by atoms with Crippen LogP contribution in [0.15, 0.2) is 48.5 Å². The fourth-order valence-electron chi connectivity index (χ4n) is 4.65. The largest absolute Gasteiger partial charge is 0.341 e. The second kappa shape index (κ2) is 9.23. The molecule has 2 aliphatic heterocycles. The van der Waals surface area contributed by atoms with Gasteiger partial charge in [-0.1, -0.05) is 24.3 Å². The van der Waals surface area contributed by atoms with E-state index in [9.17, 15) is 13.6 Å². The molecule has 2 heterocycles. The maximum Gasteiger partial charge on any atom is 0.239 e. The SMILES string of the molecule is C[C@H](C(=O)N1CCCC1)N1CCN(C(c2ccc(F)cc2)c2ccc(F)cc2)CC1. The number of carbonyl (C=O) groups excluding carboxylic acids is 1. The quantitative estimate of drug-likeness (QED) is 0.748. The molecule has 2 saturated heterocycles. The Morgan fingerprint density at radius 3 is 1.63 bits per heavy atom. The van der Waals surface area contributed by atoms with Gasteiger partial charge in [0, 0.05) is 39.3 Å². The molecule has 30 heavy (non-hydrogen) atoms. The van der Waals surface area contributed by atoms with E-state index in [1.54, 1.807) is 24.3 Å². The highest BCUT2D eigenvalue weighted by Gasteiger charge is 2.32. The molecule has 0 N–H and O–H groups in total. The number of halogens is 2. The molecule has 0 bridgehead atoms. The van der Waals surface area contributed by atoms with Crippen molar-refractivity contribution >= 4 is 5.91 Å². The fourth-order valence-corrected chi connectivity index (χ4v) is 4.65. The Hall–Kier alpha value is -2.31. The molecule has 2 aliphatic rings. The lowest BCUT2D eigenvalue weighted by Crippen LogP contribution is -2.54. The van der Waals surface area contributed by atoms with Crippen molar-refractivity contribution in [2.45, 2.75) is 31.8 Å². The zero-order chi connectivity index (χ0) is 21.1. The van der Waals surface area contributed by atoms with E-state index in [0.29, 0.717) is 0 Å². The van der Waals surface area contributed by atoms with E-state index in [0.717, 1.165) is 63.2 Å². The maximum absolute atomic E-state index is 13.5. The molecule has 0 aliphatic carbocycles. The summed E-state index contributed by atoms with van der Waals surface area (Å²) in [6.07, 6.45) is 2.20. The van der Waals surface area contributed by atoms with Gasteiger partial charge < -0.3 is 4.90 Å². The van der Waals surface area contributed by atoms with Crippen LogP contribution in [0.3, 0.4) is 0 Å². The summed E-state index contributed by atoms with van der Waals surface area (Å²) in [6.45, 7) is 6.92. The Morgan fingerprint density at radius 1 is 0.733 bits per heavy atom. The van der Waals surface area contributed by atoms with E-state index in [-0.39, 0.29) is 29.6 Å². The molecule has 160 valence electrons. The topological polar surface area (TPSA) is 26.8 Å². The Labute approximate surface area is 177 Å². The van der Waals surface area contributed by atoms with Gasteiger partial charge in [-0.2, -0.15) is 0 Å². The lowest BCUT2D eigenvalue weighted by Gasteiger charge is -2.42. The molecule has 0 saturated carbocycles. The van der Waals surface area contributed by atoms with Crippen molar-refractivity contribution in [2.75, 3.05) is 39.3 Å². The predicted molar refractivity (Wildman–Crippen MR) is 113 cm³/mol. The zero-order valence-corrected chi connectivity index (χ0v) is 17.4. The van der Waals surface area contributed by atoms with Crippen LogP contribution in [0.4, 0.5) is 8.78 Å². The van der Waals surface area contributed by atoms with Gasteiger partial charge in [0.05, 0.1) is 12.1 Å². The average molecular weight is 414 g/mol. The van der Waals surface area contributed by atoms with E-state index in [2.05, 4.69) is 9.80 Å². The van der Waals surface area contributed by atoms with Gasteiger partial charge in [0.2, 0.25) is 5.91 Å². The molecular formula is C24H29F2N3O. The van der Waals surface area contributed by atoms with Gasteiger partial charge in [-0.15, -0.1) is 0 Å². The minimum atomic E-state index is -0.268. The smallest absolute Gasteiger partial charge is 0.239 e. The van der Waals surface area contributed by atoms with Crippen molar-refractivity contribution in [2.24, 2.45) is 0 Å². The first-order valence-corrected chi connectivity index (χ1v) is 10.8. The van der Waals surface area contributed by atoms with Crippen LogP contribution in [0.2, 0.25) is 0 Å². The number of nitrogens with zero attached hydrogens (tertiary/aromatic N) is 3. The summed E-state index contributed by atoms with van der Waals surface area (Å²) in [7, 11) is 0. The second-order valence-corrected chi connectivity index (χ2v) is 8.29. The van der Waals surface area contributed by atoms with Crippen LogP contribution in [-0.2, 0) is 4.79 Å². The molecular weight excluding hydrogens is 384 g/mol. The van der Waals surface area contributed by atoms with Crippen LogP contribution in [0.1, 0.15) is 36.9 Å². The molecule has 1 atom stereocenters. The number of hydrogen-bond acceptors (Lipinski definition) is 3. The molecule has 0 unspecified atom stereocenters. The summed E-state index contributed by atoms with van der Waals surface area (Å²) in [6, 6.07) is 12.9. The van der Waals surface area contributed by atoms with Crippen molar-refractivity contribution in [1.82, 2.24) is 14.7 Å². The van der Waals surface area contributed by atoms with Gasteiger partial charge in [0.25, 0.3) is 0 Å². The minimum absolute atomic E-state index is 0.0714. The van der Waals surface area contributed by atoms with Crippen LogP contribution < -0.4 is 0 Å². The third-order valence-corrected chi connectivity index (χ3v) is 6.41. The van der Waals surface area contributed by atoms with Gasteiger partial charge >= 0.3 is 0 Å². The second-order valence-electron chi connectivity index (χ2n) is 8.29. The molecule has 2 fully saturated rings. The molecule has 1 amide bonds. The average Bonchev–Trinajstić information content (AvgIpc) is 3.31. The monoisotopic (exact) mass is 413 g/mol. The van der Waals surface area contributed by atoms with Gasteiger partial charge in [-0.05, 0) is 55.2 Å². The summed E-state index contributed by atoms with van der Waals surface area (Å²) < 4.78 is 27.0. The van der Waals surface area contributed by atoms with Crippen LogP contribution in [0.25, 0.3) is 0 Å². The number of carbonyl (C=O) groups is 1. The summed E-state index contributed by atoms with van der Waals surface area (Å²) in [5.74, 6) is -0.305. The van der Waals surface area contributed by atoms with E-state index in [4.69, 9.17) is 0 Å². The van der Waals surface area contributed by atoms with E-state index in [1.165, 1.54) is 24.3 Å². The number of piperazine rings is 1. The van der Waals surface area contributed by atoms with Gasteiger partial charge in [0.15, 0.2) is 0 Å². The maximum atomic E-state index is 13.5. The molecule has 4 nitrogen and oxygen atoms in total. The molecule has 0 spiro atoms. The highest BCUT2D eigenvalue weighted by molar-refractivity contribution is 5.81. The summed E-state index contributed by atoms with van der Waals surface area (Å²) in [5, 5.41) is 0. The predicted octanol–water partition coefficient (Wildman–Crippen LogP) is 3.68. The van der Waals surface area contributed by atoms with E-state index in [1.807, 2.05) is 11.8 Å². The van der Waals surface area contributed by atoms with Gasteiger partial charge in [-0.3, -0.25) is 14.6 Å². The van der Waals surface area contributed by atoms with Crippen molar-refractivity contribution in [3.05, 3.63) is 71.3 Å². The third kappa shape index (κ3) is 4.55. The third-order valence-electron chi connectivity index (χ3n) is 6.41. The first-order valence-electron chi connectivity index (χ1n) is 10.8. The molecule has 0 aromatic heterocycles. The highest BCUT2D eigenvalue weighted by Crippen LogP contribution is 2.30. The van der Waals surface area contributed by atoms with Crippen LogP contribution in [-0.4, -0.2) is 65.9 Å². The summed E-state index contributed by atoms with van der Waals surface area (Å²) >= 11 is 0. The van der Waals surface area contributed by atoms with Gasteiger partial charge in [-0.25, -0.2) is 8.78 Å². The molecule has 4 rings (SSSR count). The Kier molecular flexibility index (Phi) is 6.44. The van der Waals surface area contributed by atoms with Crippen LogP contribution in [0, 0.1) is 11.6 Å². The minimum Gasteiger partial charge on any atom is -0.341 e. The first kappa shape index (κ1) is 20.9. The number of rotatable bonds is 5. The lowest BCUT2D eigenvalue weighted by molar-refractivity contribution is -0.136. The van der Waals surface area contributed by atoms with E-state index < -0.39 is 0 Å². The number of benzene rings is 2. The molecule has 2 aromatic carbocycles. The van der Waals surface area contributed by atoms with Crippen molar-refractivity contribution in [3.63, 3.8) is 0 Å². The standard InChI is InChI=1S/C24H29F2N3O/c1-18(24(30)29-12-2-3-13-29)27-14-16-28(17-15-27)23(19-4-8-21(25)9-5-19)20-6-10-22(26)11-7-20/h4-11,18,23H,2-3,12-17H2,1H3/t18-/m1/s1. The van der Waals surface area contributed by atoms with Crippen molar-refractivity contribution in [1.29, 1.82) is 0 Å². The van der Waals surface area contributed by atoms with Crippen LogP contribution in [0.5, 0.6) is 0 Å². The summed E-state index contributed by atoms with van der Waals surface area (Å²) in [5.41, 5.74) is 1.97. The van der Waals surface area contributed by atoms with Crippen molar-refractivity contribution < 1.29 is 13.6 Å². The lowest BCUT2D eigenvalue weighted by atomic mass is 9.96. The number of likely N-dealkylation sites (tertiary alicyclic amines) is 1. The number of amides is 1.